The van der Waals surface area contributed by atoms with Gasteiger partial charge in [0.1, 0.15) is 5.75 Å². The summed E-state index contributed by atoms with van der Waals surface area (Å²) in [6.07, 6.45) is 7.89. The van der Waals surface area contributed by atoms with Gasteiger partial charge in [0.05, 0.1) is 24.3 Å². The molecular formula is C25H22ClN5O4S. The first-order valence-corrected chi connectivity index (χ1v) is 12.9. The van der Waals surface area contributed by atoms with Gasteiger partial charge < -0.3 is 14.6 Å². The molecule has 0 saturated heterocycles. The number of sulfonamides is 1. The molecule has 2 aromatic heterocycles. The molecule has 3 N–H and O–H groups in total. The second-order valence-electron chi connectivity index (χ2n) is 8.13. The molecular weight excluding hydrogens is 502 g/mol. The Morgan fingerprint density at radius 3 is 2.67 bits per heavy atom. The largest absolute Gasteiger partial charge is 0.449 e. The van der Waals surface area contributed by atoms with E-state index in [4.69, 9.17) is 16.3 Å². The number of benzene rings is 2. The summed E-state index contributed by atoms with van der Waals surface area (Å²) in [5.41, 5.74) is 2.00. The second kappa shape index (κ2) is 9.65. The van der Waals surface area contributed by atoms with Crippen molar-refractivity contribution in [2.24, 2.45) is 0 Å². The summed E-state index contributed by atoms with van der Waals surface area (Å²) in [7, 11) is -4.12. The first-order valence-electron chi connectivity index (χ1n) is 11.0. The SMILES string of the molecule is O=c1ccccn1Cc1ccc(OC2(S(=O)(=O)NCc3n[nH]c4ccc(Cl)cc34)C=CC=CN2)cc1. The molecule has 2 aromatic carbocycles. The van der Waals surface area contributed by atoms with E-state index in [1.165, 1.54) is 18.3 Å². The number of fused-ring (bicyclic) bond motifs is 1. The lowest BCUT2D eigenvalue weighted by Crippen LogP contribution is -2.58. The Morgan fingerprint density at radius 2 is 1.92 bits per heavy atom. The van der Waals surface area contributed by atoms with Crippen molar-refractivity contribution in [3.63, 3.8) is 0 Å². The smallest absolute Gasteiger partial charge is 0.317 e. The van der Waals surface area contributed by atoms with Gasteiger partial charge in [0, 0.05) is 28.9 Å². The zero-order valence-electron chi connectivity index (χ0n) is 18.9. The van der Waals surface area contributed by atoms with Crippen molar-refractivity contribution in [3.8, 4) is 5.75 Å². The summed E-state index contributed by atoms with van der Waals surface area (Å²) in [5, 5.41) is 9.27. The van der Waals surface area contributed by atoms with Crippen molar-refractivity contribution >= 4 is 32.5 Å². The van der Waals surface area contributed by atoms with Crippen LogP contribution in [0.15, 0.2) is 96.1 Å². The monoisotopic (exact) mass is 523 g/mol. The highest BCUT2D eigenvalue weighted by Crippen LogP contribution is 2.26. The number of allylic oxidation sites excluding steroid dienone is 2. The lowest BCUT2D eigenvalue weighted by molar-refractivity contribution is 0.176. The second-order valence-corrected chi connectivity index (χ2v) is 10.5. The lowest BCUT2D eigenvalue weighted by atomic mass is 10.2. The number of pyridine rings is 1. The molecule has 1 unspecified atom stereocenters. The number of aromatic nitrogens is 3. The number of H-pyrrole nitrogens is 1. The highest BCUT2D eigenvalue weighted by atomic mass is 35.5. The molecule has 1 atom stereocenters. The molecule has 0 bridgehead atoms. The van der Waals surface area contributed by atoms with Gasteiger partial charge in [0.15, 0.2) is 0 Å². The van der Waals surface area contributed by atoms with Crippen LogP contribution in [0.4, 0.5) is 0 Å². The predicted octanol–water partition coefficient (Wildman–Crippen LogP) is 3.25. The fourth-order valence-electron chi connectivity index (χ4n) is 3.81. The zero-order valence-corrected chi connectivity index (χ0v) is 20.5. The molecule has 11 heteroatoms. The van der Waals surface area contributed by atoms with Crippen molar-refractivity contribution in [2.45, 2.75) is 18.1 Å². The van der Waals surface area contributed by atoms with Gasteiger partial charge in [-0.2, -0.15) is 5.10 Å². The van der Waals surface area contributed by atoms with Gasteiger partial charge in [-0.25, -0.2) is 13.1 Å². The summed E-state index contributed by atoms with van der Waals surface area (Å²) >= 11 is 6.09. The maximum absolute atomic E-state index is 13.5. The van der Waals surface area contributed by atoms with Gasteiger partial charge in [-0.1, -0.05) is 35.9 Å². The average molecular weight is 524 g/mol. The molecule has 5 rings (SSSR count). The van der Waals surface area contributed by atoms with E-state index >= 15 is 0 Å². The van der Waals surface area contributed by atoms with Crippen molar-refractivity contribution in [3.05, 3.63) is 118 Å². The number of halogens is 1. The molecule has 0 radical (unpaired) electrons. The van der Waals surface area contributed by atoms with Crippen LogP contribution in [0.5, 0.6) is 5.75 Å². The van der Waals surface area contributed by atoms with Crippen LogP contribution in [0.1, 0.15) is 11.3 Å². The molecule has 0 fully saturated rings. The highest BCUT2D eigenvalue weighted by Gasteiger charge is 2.44. The fraction of sp³-hybridized carbons (Fsp3) is 0.120. The first-order chi connectivity index (χ1) is 17.4. The molecule has 0 saturated carbocycles. The van der Waals surface area contributed by atoms with Gasteiger partial charge >= 0.3 is 5.06 Å². The summed E-state index contributed by atoms with van der Waals surface area (Å²) in [5.74, 6) is 0.328. The Kier molecular flexibility index (Phi) is 6.40. The number of hydrogen-bond acceptors (Lipinski definition) is 6. The van der Waals surface area contributed by atoms with E-state index in [0.717, 1.165) is 16.5 Å². The van der Waals surface area contributed by atoms with E-state index in [2.05, 4.69) is 20.2 Å². The Hall–Kier alpha value is -3.86. The van der Waals surface area contributed by atoms with Crippen LogP contribution in [-0.2, 0) is 23.1 Å². The Bertz CT molecular complexity index is 1630. The lowest BCUT2D eigenvalue weighted by Gasteiger charge is -2.32. The van der Waals surface area contributed by atoms with E-state index in [1.54, 1.807) is 77.5 Å². The average Bonchev–Trinajstić information content (AvgIpc) is 3.28. The third-order valence-corrected chi connectivity index (χ3v) is 7.58. The van der Waals surface area contributed by atoms with Crippen LogP contribution >= 0.6 is 11.6 Å². The van der Waals surface area contributed by atoms with Crippen LogP contribution in [0.3, 0.4) is 0 Å². The van der Waals surface area contributed by atoms with E-state index in [1.807, 2.05) is 0 Å². The first kappa shape index (κ1) is 23.9. The number of hydrogen-bond donors (Lipinski definition) is 3. The summed E-state index contributed by atoms with van der Waals surface area (Å²) in [6, 6.07) is 17.1. The number of nitrogens with zero attached hydrogens (tertiary/aromatic N) is 2. The van der Waals surface area contributed by atoms with Gasteiger partial charge in [-0.05, 0) is 54.1 Å². The number of nitrogens with one attached hydrogen (secondary N) is 3. The minimum absolute atomic E-state index is 0.0716. The number of dihydropyridines is 1. The normalized spacial score (nSPS) is 17.2. The maximum atomic E-state index is 13.5. The summed E-state index contributed by atoms with van der Waals surface area (Å²) in [6.45, 7) is 0.311. The standard InChI is InChI=1S/C25H22ClN5O4S/c26-19-8-11-22-21(15-19)23(30-29-22)16-28-36(33,34)25(12-2-3-13-27-25)35-20-9-6-18(7-10-20)17-31-14-4-1-5-24(31)32/h1-15,27-28H,16-17H2,(H,29,30). The molecule has 4 aromatic rings. The molecule has 36 heavy (non-hydrogen) atoms. The third-order valence-electron chi connectivity index (χ3n) is 5.68. The molecule has 0 aliphatic carbocycles. The highest BCUT2D eigenvalue weighted by molar-refractivity contribution is 7.90. The minimum atomic E-state index is -4.12. The molecule has 0 spiro atoms. The maximum Gasteiger partial charge on any atom is 0.317 e. The number of rotatable bonds is 8. The molecule has 1 aliphatic rings. The number of aromatic amines is 1. The molecule has 1 aliphatic heterocycles. The van der Waals surface area contributed by atoms with E-state index in [-0.39, 0.29) is 12.1 Å². The third kappa shape index (κ3) is 4.78. The topological polar surface area (TPSA) is 118 Å². The Balaban J connectivity index is 1.35. The zero-order chi connectivity index (χ0) is 25.2. The van der Waals surface area contributed by atoms with E-state index in [0.29, 0.717) is 23.0 Å². The Labute approximate surface area is 212 Å². The van der Waals surface area contributed by atoms with Gasteiger partial charge in [-0.15, -0.1) is 0 Å². The van der Waals surface area contributed by atoms with Gasteiger partial charge in [-0.3, -0.25) is 9.89 Å². The number of ether oxygens (including phenoxy) is 1. The van der Waals surface area contributed by atoms with Gasteiger partial charge in [0.25, 0.3) is 15.6 Å². The summed E-state index contributed by atoms with van der Waals surface area (Å²) in [4.78, 5) is 12.0. The van der Waals surface area contributed by atoms with Crippen molar-refractivity contribution in [2.75, 3.05) is 0 Å². The van der Waals surface area contributed by atoms with Crippen LogP contribution < -0.4 is 20.3 Å². The molecule has 9 nitrogen and oxygen atoms in total. The molecule has 3 heterocycles. The van der Waals surface area contributed by atoms with Gasteiger partial charge in [0.2, 0.25) is 0 Å². The quantitative estimate of drug-likeness (QED) is 0.326. The fourth-order valence-corrected chi connectivity index (χ4v) is 5.21. The molecule has 184 valence electrons. The predicted molar refractivity (Wildman–Crippen MR) is 138 cm³/mol. The van der Waals surface area contributed by atoms with Crippen LogP contribution in [0, 0.1) is 0 Å². The minimum Gasteiger partial charge on any atom is -0.449 e. The van der Waals surface area contributed by atoms with Crippen LogP contribution in [-0.4, -0.2) is 28.2 Å². The van der Waals surface area contributed by atoms with Crippen molar-refractivity contribution < 1.29 is 13.2 Å². The van der Waals surface area contributed by atoms with Crippen LogP contribution in [0.25, 0.3) is 10.9 Å². The van der Waals surface area contributed by atoms with Crippen molar-refractivity contribution in [1.29, 1.82) is 0 Å². The van der Waals surface area contributed by atoms with E-state index < -0.39 is 15.1 Å². The van der Waals surface area contributed by atoms with E-state index in [9.17, 15) is 13.2 Å². The molecule has 0 amide bonds. The summed E-state index contributed by atoms with van der Waals surface area (Å²) < 4.78 is 37.1. The Morgan fingerprint density at radius 1 is 1.08 bits per heavy atom. The van der Waals surface area contributed by atoms with Crippen LogP contribution in [0.2, 0.25) is 5.02 Å². The van der Waals surface area contributed by atoms with Crippen molar-refractivity contribution in [1.82, 2.24) is 24.8 Å².